The molecule has 118 valence electrons. The van der Waals surface area contributed by atoms with E-state index < -0.39 is 10.8 Å². The van der Waals surface area contributed by atoms with Gasteiger partial charge in [0.25, 0.3) is 0 Å². The van der Waals surface area contributed by atoms with Gasteiger partial charge in [-0.3, -0.25) is 8.89 Å². The Balaban J connectivity index is 1.97. The van der Waals surface area contributed by atoms with Crippen LogP contribution in [-0.2, 0) is 10.8 Å². The molecule has 0 bridgehead atoms. The molecule has 0 aliphatic heterocycles. The molecule has 22 heavy (non-hydrogen) atoms. The maximum absolute atomic E-state index is 12.5. The lowest BCUT2D eigenvalue weighted by atomic mass is 10.5. The number of halogens is 2. The smallest absolute Gasteiger partial charge is 0.224 e. The van der Waals surface area contributed by atoms with Gasteiger partial charge in [0, 0.05) is 5.25 Å². The van der Waals surface area contributed by atoms with Crippen molar-refractivity contribution in [3.63, 3.8) is 0 Å². The minimum Gasteiger partial charge on any atom is -0.335 e. The van der Waals surface area contributed by atoms with Gasteiger partial charge in [0.1, 0.15) is 5.02 Å². The van der Waals surface area contributed by atoms with Gasteiger partial charge in [-0.1, -0.05) is 25.4 Å². The van der Waals surface area contributed by atoms with Gasteiger partial charge in [-0.25, -0.2) is 4.98 Å². The van der Waals surface area contributed by atoms with Gasteiger partial charge in [0.2, 0.25) is 5.28 Å². The van der Waals surface area contributed by atoms with Crippen molar-refractivity contribution in [2.24, 2.45) is 0 Å². The van der Waals surface area contributed by atoms with E-state index in [1.165, 1.54) is 6.20 Å². The summed E-state index contributed by atoms with van der Waals surface area (Å²) in [5, 5.41) is 8.45. The zero-order valence-corrected chi connectivity index (χ0v) is 14.4. The Morgan fingerprint density at radius 1 is 1.41 bits per heavy atom. The van der Waals surface area contributed by atoms with E-state index in [1.807, 2.05) is 24.7 Å². The van der Waals surface area contributed by atoms with Crippen LogP contribution in [0.25, 0.3) is 0 Å². The third-order valence-corrected chi connectivity index (χ3v) is 5.20. The molecule has 2 aromatic rings. The van der Waals surface area contributed by atoms with E-state index >= 15 is 0 Å². The minimum atomic E-state index is -1.21. The molecular formula is C13H15Cl2N5OS. The third kappa shape index (κ3) is 3.26. The summed E-state index contributed by atoms with van der Waals surface area (Å²) >= 11 is 11.9. The van der Waals surface area contributed by atoms with Crippen LogP contribution in [0.15, 0.2) is 17.4 Å². The van der Waals surface area contributed by atoms with Gasteiger partial charge in [-0.05, 0) is 24.4 Å². The second kappa shape index (κ2) is 6.14. The van der Waals surface area contributed by atoms with Crippen LogP contribution in [0.1, 0.15) is 32.7 Å². The summed E-state index contributed by atoms with van der Waals surface area (Å²) in [6.07, 6.45) is 5.45. The first-order valence-corrected chi connectivity index (χ1v) is 8.87. The first-order valence-electron chi connectivity index (χ1n) is 6.90. The van der Waals surface area contributed by atoms with Crippen molar-refractivity contribution in [2.75, 3.05) is 5.32 Å². The summed E-state index contributed by atoms with van der Waals surface area (Å²) < 4.78 is 14.3. The topological polar surface area (TPSA) is 72.7 Å². The number of hydrogen-bond donors (Lipinski definition) is 1. The van der Waals surface area contributed by atoms with Crippen molar-refractivity contribution in [3.8, 4) is 0 Å². The van der Waals surface area contributed by atoms with Gasteiger partial charge in [0.15, 0.2) is 10.8 Å². The zero-order valence-electron chi connectivity index (χ0n) is 12.1. The number of rotatable bonds is 5. The van der Waals surface area contributed by atoms with Gasteiger partial charge in [0.05, 0.1) is 34.9 Å². The average Bonchev–Trinajstić information content (AvgIpc) is 3.24. The molecule has 9 heteroatoms. The first kappa shape index (κ1) is 15.7. The van der Waals surface area contributed by atoms with E-state index in [1.54, 1.807) is 0 Å². The summed E-state index contributed by atoms with van der Waals surface area (Å²) in [5.41, 5.74) is 0.635. The summed E-state index contributed by atoms with van der Waals surface area (Å²) in [6.45, 7) is 3.79. The van der Waals surface area contributed by atoms with Crippen molar-refractivity contribution in [3.05, 3.63) is 22.7 Å². The monoisotopic (exact) mass is 359 g/mol. The van der Waals surface area contributed by atoms with E-state index in [0.717, 1.165) is 12.8 Å². The predicted octanol–water partition coefficient (Wildman–Crippen LogP) is 3.57. The van der Waals surface area contributed by atoms with Gasteiger partial charge in [-0.15, -0.1) is 0 Å². The van der Waals surface area contributed by atoms with Gasteiger partial charge in [-0.2, -0.15) is 10.1 Å². The number of hydrogen-bond acceptors (Lipinski definition) is 5. The van der Waals surface area contributed by atoms with Crippen LogP contribution >= 0.6 is 23.2 Å². The van der Waals surface area contributed by atoms with Crippen molar-refractivity contribution in [1.82, 2.24) is 19.7 Å². The van der Waals surface area contributed by atoms with E-state index in [0.29, 0.717) is 27.6 Å². The Labute approximate surface area is 140 Å². The molecule has 1 fully saturated rings. The second-order valence-electron chi connectivity index (χ2n) is 5.37. The van der Waals surface area contributed by atoms with Crippen LogP contribution < -0.4 is 5.32 Å². The molecule has 6 nitrogen and oxygen atoms in total. The van der Waals surface area contributed by atoms with Crippen molar-refractivity contribution < 1.29 is 4.21 Å². The molecule has 1 aliphatic rings. The molecule has 0 radical (unpaired) electrons. The molecule has 0 spiro atoms. The van der Waals surface area contributed by atoms with Crippen LogP contribution in [0.5, 0.6) is 0 Å². The Morgan fingerprint density at radius 3 is 2.77 bits per heavy atom. The minimum absolute atomic E-state index is 0.0347. The summed E-state index contributed by atoms with van der Waals surface area (Å²) in [6, 6.07) is 0.392. The zero-order chi connectivity index (χ0) is 15.9. The Hall–Kier alpha value is -1.18. The highest BCUT2D eigenvalue weighted by atomic mass is 35.5. The predicted molar refractivity (Wildman–Crippen MR) is 87.4 cm³/mol. The van der Waals surface area contributed by atoms with Crippen LogP contribution in [-0.4, -0.2) is 29.2 Å². The highest BCUT2D eigenvalue weighted by Gasteiger charge is 2.28. The molecule has 2 aromatic heterocycles. The lowest BCUT2D eigenvalue weighted by Gasteiger charge is -2.08. The molecule has 2 heterocycles. The van der Waals surface area contributed by atoms with Crippen molar-refractivity contribution >= 4 is 45.5 Å². The molecule has 0 saturated heterocycles. The normalized spacial score (nSPS) is 16.0. The molecule has 0 amide bonds. The maximum Gasteiger partial charge on any atom is 0.224 e. The fraction of sp³-hybridized carbons (Fsp3) is 0.462. The van der Waals surface area contributed by atoms with Crippen molar-refractivity contribution in [1.29, 1.82) is 0 Å². The number of aromatic nitrogens is 4. The molecule has 1 unspecified atom stereocenters. The highest BCUT2D eigenvalue weighted by molar-refractivity contribution is 7.85. The molecule has 1 atom stereocenters. The lowest BCUT2D eigenvalue weighted by molar-refractivity contribution is 0.616. The molecule has 3 rings (SSSR count). The standard InChI is InChI=1S/C13H15Cl2N5OS/c1-7(2)22(21)12-10(6-20(19-12)8-3-4-8)17-11-9(14)5-16-13(15)18-11/h5-8H,3-4H2,1-2H3,(H,16,17,18). The molecular weight excluding hydrogens is 345 g/mol. The first-order chi connectivity index (χ1) is 10.5. The van der Waals surface area contributed by atoms with E-state index in [2.05, 4.69) is 20.4 Å². The maximum atomic E-state index is 12.5. The third-order valence-electron chi connectivity index (χ3n) is 3.21. The molecule has 0 aromatic carbocycles. The van der Waals surface area contributed by atoms with E-state index in [-0.39, 0.29) is 10.5 Å². The van der Waals surface area contributed by atoms with E-state index in [9.17, 15) is 4.21 Å². The van der Waals surface area contributed by atoms with Crippen LogP contribution in [0.4, 0.5) is 11.5 Å². The summed E-state index contributed by atoms with van der Waals surface area (Å²) in [7, 11) is -1.21. The Kier molecular flexibility index (Phi) is 4.38. The molecule has 1 N–H and O–H groups in total. The molecule has 1 aliphatic carbocycles. The van der Waals surface area contributed by atoms with Crippen LogP contribution in [0.3, 0.4) is 0 Å². The number of nitrogens with one attached hydrogen (secondary N) is 1. The Bertz CT molecular complexity index is 729. The van der Waals surface area contributed by atoms with Crippen LogP contribution in [0, 0.1) is 0 Å². The SMILES string of the molecule is CC(C)S(=O)c1nn(C2CC2)cc1Nc1nc(Cl)ncc1Cl. The largest absolute Gasteiger partial charge is 0.335 e. The number of anilines is 2. The van der Waals surface area contributed by atoms with E-state index in [4.69, 9.17) is 23.2 Å². The summed E-state index contributed by atoms with van der Waals surface area (Å²) in [4.78, 5) is 7.87. The van der Waals surface area contributed by atoms with Crippen LogP contribution in [0.2, 0.25) is 10.3 Å². The Morgan fingerprint density at radius 2 is 2.14 bits per heavy atom. The second-order valence-corrected chi connectivity index (χ2v) is 8.04. The van der Waals surface area contributed by atoms with Gasteiger partial charge < -0.3 is 5.32 Å². The quantitative estimate of drug-likeness (QED) is 0.826. The van der Waals surface area contributed by atoms with Gasteiger partial charge >= 0.3 is 0 Å². The molecule has 1 saturated carbocycles. The average molecular weight is 360 g/mol. The fourth-order valence-electron chi connectivity index (χ4n) is 1.92. The number of nitrogens with zero attached hydrogens (tertiary/aromatic N) is 4. The van der Waals surface area contributed by atoms with Crippen molar-refractivity contribution in [2.45, 2.75) is 43.0 Å². The summed E-state index contributed by atoms with van der Waals surface area (Å²) in [5.74, 6) is 0.374. The fourth-order valence-corrected chi connectivity index (χ4v) is 3.13. The lowest BCUT2D eigenvalue weighted by Crippen LogP contribution is -2.09. The highest BCUT2D eigenvalue weighted by Crippen LogP contribution is 2.37.